The maximum Gasteiger partial charge on any atom is 0.213 e. The second-order valence-corrected chi connectivity index (χ2v) is 4.46. The average molecular weight is 243 g/mol. The van der Waals surface area contributed by atoms with Crippen LogP contribution in [-0.2, 0) is 4.79 Å². The molecule has 94 valence electrons. The van der Waals surface area contributed by atoms with Crippen molar-refractivity contribution in [2.24, 2.45) is 0 Å². The lowest BCUT2D eigenvalue weighted by molar-refractivity contribution is -0.115. The van der Waals surface area contributed by atoms with Crippen molar-refractivity contribution in [2.75, 3.05) is 25.5 Å². The van der Waals surface area contributed by atoms with Crippen molar-refractivity contribution >= 4 is 17.7 Å². The smallest absolute Gasteiger partial charge is 0.213 e. The van der Waals surface area contributed by atoms with Crippen LogP contribution in [0, 0.1) is 6.92 Å². The molecule has 1 aliphatic heterocycles. The maximum absolute atomic E-state index is 10.7. The van der Waals surface area contributed by atoms with Crippen LogP contribution in [0.3, 0.4) is 0 Å². The Labute approximate surface area is 107 Å². The van der Waals surface area contributed by atoms with Crippen molar-refractivity contribution in [1.82, 2.24) is 9.88 Å². The first-order valence-corrected chi connectivity index (χ1v) is 5.86. The summed E-state index contributed by atoms with van der Waals surface area (Å²) >= 11 is 0. The van der Waals surface area contributed by atoms with Gasteiger partial charge in [0.15, 0.2) is 0 Å². The van der Waals surface area contributed by atoms with Crippen LogP contribution >= 0.6 is 0 Å². The zero-order chi connectivity index (χ0) is 13.1. The van der Waals surface area contributed by atoms with Crippen molar-refractivity contribution in [2.45, 2.75) is 6.92 Å². The Morgan fingerprint density at radius 2 is 2.22 bits per heavy atom. The number of pyridine rings is 1. The number of aromatic nitrogens is 1. The minimum atomic E-state index is 0.615. The predicted octanol–water partition coefficient (Wildman–Crippen LogP) is 1.83. The quantitative estimate of drug-likeness (QED) is 0.760. The normalized spacial score (nSPS) is 14.4. The Balaban J connectivity index is 2.41. The summed E-state index contributed by atoms with van der Waals surface area (Å²) in [5, 5.41) is 0. The maximum atomic E-state index is 10.7. The average Bonchev–Trinajstić information content (AvgIpc) is 2.38. The molecule has 0 atom stereocenters. The Morgan fingerprint density at radius 1 is 1.44 bits per heavy atom. The summed E-state index contributed by atoms with van der Waals surface area (Å²) in [5.74, 6) is 0. The standard InChI is InChI=1S/C14H17N3O/c1-11-14(16(2)3)13(4-7-15-11)12-5-8-17(10-18)9-6-12/h4-8,10H,9H2,1-3H3. The molecule has 4 nitrogen and oxygen atoms in total. The lowest BCUT2D eigenvalue weighted by Crippen LogP contribution is -2.18. The third-order valence-electron chi connectivity index (χ3n) is 2.97. The van der Waals surface area contributed by atoms with Crippen LogP contribution in [0.1, 0.15) is 11.3 Å². The molecule has 1 aromatic heterocycles. The monoisotopic (exact) mass is 243 g/mol. The van der Waals surface area contributed by atoms with E-state index in [1.165, 1.54) is 0 Å². The molecule has 2 heterocycles. The van der Waals surface area contributed by atoms with Crippen molar-refractivity contribution < 1.29 is 4.79 Å². The summed E-state index contributed by atoms with van der Waals surface area (Å²) in [6, 6.07) is 2.01. The first kappa shape index (κ1) is 12.4. The van der Waals surface area contributed by atoms with Crippen molar-refractivity contribution in [3.05, 3.63) is 41.9 Å². The van der Waals surface area contributed by atoms with Gasteiger partial charge in [-0.3, -0.25) is 9.78 Å². The second kappa shape index (κ2) is 5.04. The highest BCUT2D eigenvalue weighted by Gasteiger charge is 2.13. The predicted molar refractivity (Wildman–Crippen MR) is 73.2 cm³/mol. The molecule has 1 aliphatic rings. The van der Waals surface area contributed by atoms with E-state index in [1.54, 1.807) is 11.1 Å². The van der Waals surface area contributed by atoms with Crippen LogP contribution in [0.2, 0.25) is 0 Å². The number of carbonyl (C=O) groups excluding carboxylic acids is 1. The summed E-state index contributed by atoms with van der Waals surface area (Å²) in [6.45, 7) is 2.62. The zero-order valence-corrected chi connectivity index (χ0v) is 10.9. The van der Waals surface area contributed by atoms with Gasteiger partial charge < -0.3 is 9.80 Å². The van der Waals surface area contributed by atoms with Crippen LogP contribution in [0.4, 0.5) is 5.69 Å². The van der Waals surface area contributed by atoms with Gasteiger partial charge in [0.05, 0.1) is 11.4 Å². The molecule has 0 bridgehead atoms. The topological polar surface area (TPSA) is 36.4 Å². The van der Waals surface area contributed by atoms with Crippen LogP contribution in [0.25, 0.3) is 5.57 Å². The summed E-state index contributed by atoms with van der Waals surface area (Å²) in [6.07, 6.45) is 8.46. The lowest BCUT2D eigenvalue weighted by Gasteiger charge is -2.22. The Hall–Kier alpha value is -2.10. The van der Waals surface area contributed by atoms with Crippen LogP contribution in [-0.4, -0.2) is 36.9 Å². The number of rotatable bonds is 3. The van der Waals surface area contributed by atoms with Gasteiger partial charge in [0, 0.05) is 38.6 Å². The number of carbonyl (C=O) groups is 1. The lowest BCUT2D eigenvalue weighted by atomic mass is 10.0. The minimum absolute atomic E-state index is 0.615. The molecular weight excluding hydrogens is 226 g/mol. The Bertz CT molecular complexity index is 518. The number of hydrogen-bond donors (Lipinski definition) is 0. The van der Waals surface area contributed by atoms with E-state index in [9.17, 15) is 4.79 Å². The first-order valence-electron chi connectivity index (χ1n) is 5.86. The van der Waals surface area contributed by atoms with E-state index in [4.69, 9.17) is 0 Å². The highest BCUT2D eigenvalue weighted by Crippen LogP contribution is 2.29. The molecule has 0 saturated heterocycles. The van der Waals surface area contributed by atoms with E-state index < -0.39 is 0 Å². The van der Waals surface area contributed by atoms with Crippen LogP contribution < -0.4 is 4.90 Å². The number of allylic oxidation sites excluding steroid dienone is 2. The largest absolute Gasteiger partial charge is 0.376 e. The first-order chi connectivity index (χ1) is 8.63. The van der Waals surface area contributed by atoms with Crippen LogP contribution in [0.5, 0.6) is 0 Å². The SMILES string of the molecule is Cc1nccc(C2=CCN(C=O)C=C2)c1N(C)C. The summed E-state index contributed by atoms with van der Waals surface area (Å²) < 4.78 is 0. The molecule has 0 fully saturated rings. The molecule has 18 heavy (non-hydrogen) atoms. The molecule has 0 radical (unpaired) electrons. The van der Waals surface area contributed by atoms with E-state index in [2.05, 4.69) is 16.0 Å². The van der Waals surface area contributed by atoms with E-state index in [0.717, 1.165) is 28.9 Å². The third-order valence-corrected chi connectivity index (χ3v) is 2.97. The highest BCUT2D eigenvalue weighted by molar-refractivity contribution is 5.84. The van der Waals surface area contributed by atoms with Gasteiger partial charge >= 0.3 is 0 Å². The zero-order valence-electron chi connectivity index (χ0n) is 10.9. The van der Waals surface area contributed by atoms with Crippen molar-refractivity contribution in [1.29, 1.82) is 0 Å². The Morgan fingerprint density at radius 3 is 2.78 bits per heavy atom. The fourth-order valence-corrected chi connectivity index (χ4v) is 2.14. The number of amides is 1. The molecule has 4 heteroatoms. The van der Waals surface area contributed by atoms with E-state index >= 15 is 0 Å². The highest BCUT2D eigenvalue weighted by atomic mass is 16.1. The van der Waals surface area contributed by atoms with Gasteiger partial charge in [-0.15, -0.1) is 0 Å². The molecule has 0 aliphatic carbocycles. The van der Waals surface area contributed by atoms with E-state index in [0.29, 0.717) is 6.54 Å². The number of nitrogens with zero attached hydrogens (tertiary/aromatic N) is 3. The van der Waals surface area contributed by atoms with Gasteiger partial charge in [-0.2, -0.15) is 0 Å². The number of anilines is 1. The molecule has 1 amide bonds. The van der Waals surface area contributed by atoms with Gasteiger partial charge in [-0.25, -0.2) is 0 Å². The number of aryl methyl sites for hydroxylation is 1. The third kappa shape index (κ3) is 2.27. The minimum Gasteiger partial charge on any atom is -0.376 e. The van der Waals surface area contributed by atoms with Gasteiger partial charge in [0.25, 0.3) is 0 Å². The molecule has 0 saturated carbocycles. The fourth-order valence-electron chi connectivity index (χ4n) is 2.14. The van der Waals surface area contributed by atoms with Gasteiger partial charge in [0.1, 0.15) is 0 Å². The summed E-state index contributed by atoms with van der Waals surface area (Å²) in [7, 11) is 4.02. The van der Waals surface area contributed by atoms with Gasteiger partial charge in [0.2, 0.25) is 6.41 Å². The second-order valence-electron chi connectivity index (χ2n) is 4.46. The molecule has 1 aromatic rings. The number of hydrogen-bond acceptors (Lipinski definition) is 3. The molecular formula is C14H17N3O. The summed E-state index contributed by atoms with van der Waals surface area (Å²) in [5.41, 5.74) is 4.40. The summed E-state index contributed by atoms with van der Waals surface area (Å²) in [4.78, 5) is 18.7. The van der Waals surface area contributed by atoms with Crippen molar-refractivity contribution in [3.63, 3.8) is 0 Å². The van der Waals surface area contributed by atoms with E-state index in [1.807, 2.05) is 39.4 Å². The molecule has 0 aromatic carbocycles. The molecule has 0 unspecified atom stereocenters. The van der Waals surface area contributed by atoms with Crippen LogP contribution in [0.15, 0.2) is 30.6 Å². The fraction of sp³-hybridized carbons (Fsp3) is 0.286. The molecule has 0 N–H and O–H groups in total. The molecule has 0 spiro atoms. The van der Waals surface area contributed by atoms with Gasteiger partial charge in [-0.1, -0.05) is 6.08 Å². The van der Waals surface area contributed by atoms with Crippen molar-refractivity contribution in [3.8, 4) is 0 Å². The molecule has 2 rings (SSSR count). The van der Waals surface area contributed by atoms with Gasteiger partial charge in [-0.05, 0) is 24.6 Å². The Kier molecular flexibility index (Phi) is 3.46. The van der Waals surface area contributed by atoms with E-state index in [-0.39, 0.29) is 0 Å².